The first-order valence-corrected chi connectivity index (χ1v) is 11.6. The lowest BCUT2D eigenvalue weighted by Gasteiger charge is -2.31. The number of nitro groups is 1. The van der Waals surface area contributed by atoms with Crippen molar-refractivity contribution in [1.29, 1.82) is 0 Å². The van der Waals surface area contributed by atoms with E-state index in [4.69, 9.17) is 0 Å². The highest BCUT2D eigenvalue weighted by molar-refractivity contribution is 7.89. The Hall–Kier alpha value is -2.78. The molecule has 0 spiro atoms. The molecule has 1 fully saturated rings. The van der Waals surface area contributed by atoms with Crippen molar-refractivity contribution in [3.05, 3.63) is 62.7 Å². The monoisotopic (exact) mass is 445 g/mol. The molecule has 0 bridgehead atoms. The second kappa shape index (κ2) is 8.76. The van der Waals surface area contributed by atoms with E-state index in [1.54, 1.807) is 26.8 Å². The Morgan fingerprint density at radius 3 is 2.16 bits per heavy atom. The van der Waals surface area contributed by atoms with Crippen LogP contribution in [0.25, 0.3) is 0 Å². The average Bonchev–Trinajstić information content (AvgIpc) is 2.68. The molecule has 9 heteroatoms. The summed E-state index contributed by atoms with van der Waals surface area (Å²) in [6, 6.07) is 8.05. The number of nitrogens with zero attached hydrogens (tertiary/aromatic N) is 2. The summed E-state index contributed by atoms with van der Waals surface area (Å²) in [5.41, 5.74) is 3.49. The first kappa shape index (κ1) is 22.9. The molecule has 1 amide bonds. The molecule has 2 aromatic rings. The van der Waals surface area contributed by atoms with E-state index in [0.717, 1.165) is 22.3 Å². The molecule has 0 atom stereocenters. The fraction of sp³-hybridized carbons (Fsp3) is 0.409. The molecular formula is C22H27N3O5S. The Balaban J connectivity index is 1.70. The quantitative estimate of drug-likeness (QED) is 0.555. The van der Waals surface area contributed by atoms with E-state index in [9.17, 15) is 23.3 Å². The van der Waals surface area contributed by atoms with E-state index in [2.05, 4.69) is 5.32 Å². The van der Waals surface area contributed by atoms with Crippen LogP contribution in [0.2, 0.25) is 0 Å². The van der Waals surface area contributed by atoms with Crippen LogP contribution in [0.4, 0.5) is 11.4 Å². The summed E-state index contributed by atoms with van der Waals surface area (Å²) in [6.07, 6.45) is 0.784. The number of benzene rings is 2. The summed E-state index contributed by atoms with van der Waals surface area (Å²) in [5, 5.41) is 13.8. The standard InChI is InChI=1S/C22H27N3O5S/c1-14-11-16(3)21(17(4)12-14)31(29,30)24-9-7-18(8-10-24)22(26)23-20-13-19(25(27)28)6-5-15(20)2/h5-6,11-13,18H,7-10H2,1-4H3,(H,23,26). The summed E-state index contributed by atoms with van der Waals surface area (Å²) in [4.78, 5) is 23.6. The molecule has 3 rings (SSSR count). The van der Waals surface area contributed by atoms with Crippen LogP contribution in [-0.4, -0.2) is 36.6 Å². The van der Waals surface area contributed by atoms with Crippen molar-refractivity contribution in [1.82, 2.24) is 4.31 Å². The zero-order chi connectivity index (χ0) is 22.9. The number of carbonyl (C=O) groups is 1. The highest BCUT2D eigenvalue weighted by Crippen LogP contribution is 2.30. The molecule has 0 unspecified atom stereocenters. The van der Waals surface area contributed by atoms with Gasteiger partial charge in [-0.2, -0.15) is 4.31 Å². The van der Waals surface area contributed by atoms with Crippen LogP contribution in [-0.2, 0) is 14.8 Å². The molecule has 0 radical (unpaired) electrons. The third-order valence-electron chi connectivity index (χ3n) is 5.72. The largest absolute Gasteiger partial charge is 0.325 e. The minimum atomic E-state index is -3.64. The molecule has 1 aliphatic heterocycles. The number of aryl methyl sites for hydroxylation is 4. The third kappa shape index (κ3) is 4.77. The molecule has 166 valence electrons. The SMILES string of the molecule is Cc1cc(C)c(S(=O)(=O)N2CCC(C(=O)Nc3cc([N+](=O)[O-])ccc3C)CC2)c(C)c1. The van der Waals surface area contributed by atoms with Crippen molar-refractivity contribution < 1.29 is 18.1 Å². The van der Waals surface area contributed by atoms with Crippen LogP contribution < -0.4 is 5.32 Å². The number of non-ortho nitro benzene ring substituents is 1. The van der Waals surface area contributed by atoms with E-state index in [1.807, 2.05) is 19.1 Å². The van der Waals surface area contributed by atoms with Crippen LogP contribution in [0.1, 0.15) is 35.1 Å². The smallest absolute Gasteiger partial charge is 0.271 e. The summed E-state index contributed by atoms with van der Waals surface area (Å²) in [7, 11) is -3.64. The number of nitro benzene ring substituents is 1. The molecule has 1 heterocycles. The van der Waals surface area contributed by atoms with Gasteiger partial charge in [-0.25, -0.2) is 8.42 Å². The molecule has 1 saturated heterocycles. The predicted octanol–water partition coefficient (Wildman–Crippen LogP) is 3.87. The Bertz CT molecular complexity index is 1110. The summed E-state index contributed by atoms with van der Waals surface area (Å²) in [5.74, 6) is -0.603. The number of amides is 1. The fourth-order valence-corrected chi connectivity index (χ4v) is 6.04. The van der Waals surface area contributed by atoms with E-state index in [1.165, 1.54) is 16.4 Å². The van der Waals surface area contributed by atoms with Crippen LogP contribution >= 0.6 is 0 Å². The van der Waals surface area contributed by atoms with Gasteiger partial charge >= 0.3 is 0 Å². The van der Waals surface area contributed by atoms with Gasteiger partial charge in [-0.05, 0) is 57.2 Å². The van der Waals surface area contributed by atoms with Gasteiger partial charge in [0.1, 0.15) is 0 Å². The molecule has 0 aliphatic carbocycles. The molecule has 2 aromatic carbocycles. The molecule has 1 N–H and O–H groups in total. The van der Waals surface area contributed by atoms with Crippen molar-refractivity contribution in [2.45, 2.75) is 45.4 Å². The Morgan fingerprint density at radius 2 is 1.61 bits per heavy atom. The van der Waals surface area contributed by atoms with Gasteiger partial charge in [0.2, 0.25) is 15.9 Å². The molecule has 31 heavy (non-hydrogen) atoms. The van der Waals surface area contributed by atoms with E-state index >= 15 is 0 Å². The summed E-state index contributed by atoms with van der Waals surface area (Å²) >= 11 is 0. The summed E-state index contributed by atoms with van der Waals surface area (Å²) < 4.78 is 27.9. The van der Waals surface area contributed by atoms with E-state index < -0.39 is 14.9 Å². The number of piperidine rings is 1. The number of carbonyl (C=O) groups excluding carboxylic acids is 1. The predicted molar refractivity (Wildman–Crippen MR) is 119 cm³/mol. The molecular weight excluding hydrogens is 418 g/mol. The lowest BCUT2D eigenvalue weighted by atomic mass is 9.97. The van der Waals surface area contributed by atoms with Gasteiger partial charge in [0.25, 0.3) is 5.69 Å². The van der Waals surface area contributed by atoms with Gasteiger partial charge in [0, 0.05) is 31.1 Å². The van der Waals surface area contributed by atoms with Crippen LogP contribution in [0.15, 0.2) is 35.2 Å². The number of nitrogens with one attached hydrogen (secondary N) is 1. The zero-order valence-corrected chi connectivity index (χ0v) is 19.0. The van der Waals surface area contributed by atoms with E-state index in [-0.39, 0.29) is 30.6 Å². The van der Waals surface area contributed by atoms with Crippen molar-refractivity contribution in [3.63, 3.8) is 0 Å². The van der Waals surface area contributed by atoms with Gasteiger partial charge in [-0.15, -0.1) is 0 Å². The Morgan fingerprint density at radius 1 is 1.03 bits per heavy atom. The van der Waals surface area contributed by atoms with Gasteiger partial charge < -0.3 is 5.32 Å². The highest BCUT2D eigenvalue weighted by Gasteiger charge is 2.34. The number of sulfonamides is 1. The van der Waals surface area contributed by atoms with Gasteiger partial charge in [-0.1, -0.05) is 23.8 Å². The molecule has 0 aromatic heterocycles. The van der Waals surface area contributed by atoms with Crippen molar-refractivity contribution in [3.8, 4) is 0 Å². The second-order valence-electron chi connectivity index (χ2n) is 8.15. The number of rotatable bonds is 5. The first-order valence-electron chi connectivity index (χ1n) is 10.1. The minimum Gasteiger partial charge on any atom is -0.325 e. The average molecular weight is 446 g/mol. The number of anilines is 1. The maximum Gasteiger partial charge on any atom is 0.271 e. The first-order chi connectivity index (χ1) is 14.5. The maximum absolute atomic E-state index is 13.2. The van der Waals surface area contributed by atoms with Gasteiger partial charge in [0.15, 0.2) is 0 Å². The van der Waals surface area contributed by atoms with Gasteiger partial charge in [-0.3, -0.25) is 14.9 Å². The van der Waals surface area contributed by atoms with Crippen LogP contribution in [0, 0.1) is 43.7 Å². The lowest BCUT2D eigenvalue weighted by molar-refractivity contribution is -0.384. The molecule has 0 saturated carbocycles. The van der Waals surface area contributed by atoms with E-state index in [0.29, 0.717) is 23.4 Å². The Labute approximate surface area is 182 Å². The third-order valence-corrected chi connectivity index (χ3v) is 7.92. The molecule has 1 aliphatic rings. The minimum absolute atomic E-state index is 0.0920. The number of hydrogen-bond acceptors (Lipinski definition) is 5. The lowest BCUT2D eigenvalue weighted by Crippen LogP contribution is -2.41. The fourth-order valence-electron chi connectivity index (χ4n) is 4.15. The topological polar surface area (TPSA) is 110 Å². The highest BCUT2D eigenvalue weighted by atomic mass is 32.2. The normalized spacial score (nSPS) is 15.6. The van der Waals surface area contributed by atoms with Crippen molar-refractivity contribution in [2.75, 3.05) is 18.4 Å². The number of hydrogen-bond donors (Lipinski definition) is 1. The van der Waals surface area contributed by atoms with Crippen LogP contribution in [0.3, 0.4) is 0 Å². The zero-order valence-electron chi connectivity index (χ0n) is 18.1. The van der Waals surface area contributed by atoms with Crippen molar-refractivity contribution in [2.24, 2.45) is 5.92 Å². The Kier molecular flexibility index (Phi) is 6.47. The van der Waals surface area contributed by atoms with Crippen LogP contribution in [0.5, 0.6) is 0 Å². The second-order valence-corrected chi connectivity index (χ2v) is 10.0. The summed E-state index contributed by atoms with van der Waals surface area (Å²) in [6.45, 7) is 7.80. The molecule has 8 nitrogen and oxygen atoms in total. The van der Waals surface area contributed by atoms with Gasteiger partial charge in [0.05, 0.1) is 15.5 Å². The maximum atomic E-state index is 13.2. The van der Waals surface area contributed by atoms with Crippen molar-refractivity contribution >= 4 is 27.3 Å².